The predicted molar refractivity (Wildman–Crippen MR) is 40.9 cm³/mol. The molecule has 10 heavy (non-hydrogen) atoms. The average molecular weight is 142 g/mol. The molecule has 0 fully saturated rings. The molecule has 0 unspecified atom stereocenters. The molecule has 3 nitrogen and oxygen atoms in total. The van der Waals surface area contributed by atoms with E-state index in [0.717, 1.165) is 0 Å². The summed E-state index contributed by atoms with van der Waals surface area (Å²) in [4.78, 5) is 10.9. The van der Waals surface area contributed by atoms with Crippen LogP contribution < -0.4 is 11.3 Å². The molecule has 0 bridgehead atoms. The van der Waals surface area contributed by atoms with E-state index < -0.39 is 5.41 Å². The van der Waals surface area contributed by atoms with Crippen molar-refractivity contribution in [1.82, 2.24) is 5.43 Å². The van der Waals surface area contributed by atoms with Crippen molar-refractivity contribution in [1.29, 1.82) is 0 Å². The largest absolute Gasteiger partial charge is 0.328 e. The minimum absolute atomic E-state index is 0.0513. The minimum atomic E-state index is -0.561. The number of rotatable bonds is 3. The summed E-state index contributed by atoms with van der Waals surface area (Å²) in [6.45, 7) is 8.68. The van der Waals surface area contributed by atoms with Crippen LogP contribution in [0.4, 0.5) is 0 Å². The molecule has 0 radical (unpaired) electrons. The first-order valence-corrected chi connectivity index (χ1v) is 3.10. The number of carbonyl (C=O) groups excluding carboxylic acids is 1. The monoisotopic (exact) mass is 142 g/mol. The molecule has 0 aromatic heterocycles. The van der Waals surface area contributed by atoms with Gasteiger partial charge in [-0.1, -0.05) is 6.58 Å². The molecule has 0 aromatic carbocycles. The third kappa shape index (κ3) is 1.57. The lowest BCUT2D eigenvalue weighted by molar-refractivity contribution is -0.123. The zero-order valence-corrected chi connectivity index (χ0v) is 6.69. The molecule has 0 amide bonds. The molecule has 0 aromatic rings. The van der Waals surface area contributed by atoms with E-state index in [-0.39, 0.29) is 5.78 Å². The minimum Gasteiger partial charge on any atom is -0.328 e. The van der Waals surface area contributed by atoms with Crippen molar-refractivity contribution < 1.29 is 4.79 Å². The first kappa shape index (κ1) is 9.17. The Morgan fingerprint density at radius 1 is 1.60 bits per heavy atom. The van der Waals surface area contributed by atoms with Crippen molar-refractivity contribution in [3.63, 3.8) is 0 Å². The van der Waals surface area contributed by atoms with E-state index in [1.54, 1.807) is 13.8 Å². The summed E-state index contributed by atoms with van der Waals surface area (Å²) in [5, 5.41) is 0. The number of allylic oxidation sites excluding steroid dienone is 1. The van der Waals surface area contributed by atoms with Gasteiger partial charge in [-0.05, 0) is 20.8 Å². The van der Waals surface area contributed by atoms with Crippen LogP contribution in [0.15, 0.2) is 12.3 Å². The summed E-state index contributed by atoms with van der Waals surface area (Å²) < 4.78 is 0. The molecule has 0 saturated carbocycles. The van der Waals surface area contributed by atoms with Crippen LogP contribution in [0.25, 0.3) is 0 Å². The topological polar surface area (TPSA) is 55.1 Å². The van der Waals surface area contributed by atoms with Crippen LogP contribution in [0.3, 0.4) is 0 Å². The molecular formula is C7H14N2O. The normalized spacial score (nSPS) is 10.8. The van der Waals surface area contributed by atoms with Gasteiger partial charge in [-0.3, -0.25) is 10.6 Å². The summed E-state index contributed by atoms with van der Waals surface area (Å²) >= 11 is 0. The average Bonchev–Trinajstić information content (AvgIpc) is 1.86. The highest BCUT2D eigenvalue weighted by Gasteiger charge is 2.26. The second kappa shape index (κ2) is 2.84. The molecule has 0 aliphatic heterocycles. The van der Waals surface area contributed by atoms with Gasteiger partial charge in [0.05, 0.1) is 5.41 Å². The van der Waals surface area contributed by atoms with E-state index >= 15 is 0 Å². The number of ketones is 1. The molecule has 58 valence electrons. The van der Waals surface area contributed by atoms with Gasteiger partial charge in [-0.25, -0.2) is 0 Å². The van der Waals surface area contributed by atoms with Gasteiger partial charge in [0.15, 0.2) is 0 Å². The van der Waals surface area contributed by atoms with E-state index in [1.807, 2.05) is 0 Å². The Labute approximate surface area is 61.3 Å². The molecule has 0 aliphatic rings. The van der Waals surface area contributed by atoms with Gasteiger partial charge in [0, 0.05) is 5.70 Å². The van der Waals surface area contributed by atoms with Gasteiger partial charge in [-0.15, -0.1) is 0 Å². The number of carbonyl (C=O) groups is 1. The van der Waals surface area contributed by atoms with Gasteiger partial charge in [0.1, 0.15) is 5.78 Å². The lowest BCUT2D eigenvalue weighted by Gasteiger charge is -2.22. The summed E-state index contributed by atoms with van der Waals surface area (Å²) in [5.74, 6) is 5.15. The Hall–Kier alpha value is -0.830. The van der Waals surface area contributed by atoms with Crippen LogP contribution in [0.5, 0.6) is 0 Å². The van der Waals surface area contributed by atoms with Crippen molar-refractivity contribution in [2.24, 2.45) is 11.3 Å². The first-order chi connectivity index (χ1) is 4.42. The number of Topliss-reactive ketones (excluding diaryl/α,β-unsaturated/α-hetero) is 1. The van der Waals surface area contributed by atoms with Gasteiger partial charge in [-0.2, -0.15) is 0 Å². The van der Waals surface area contributed by atoms with Crippen molar-refractivity contribution >= 4 is 5.78 Å². The number of hydrogen-bond acceptors (Lipinski definition) is 3. The molecule has 0 spiro atoms. The van der Waals surface area contributed by atoms with Crippen LogP contribution in [0.1, 0.15) is 20.8 Å². The SMILES string of the molecule is C=C(NN)C(C)(C)C(C)=O. The van der Waals surface area contributed by atoms with Crippen LogP contribution in [-0.4, -0.2) is 5.78 Å². The predicted octanol–water partition coefficient (Wildman–Crippen LogP) is 0.579. The second-order valence-electron chi connectivity index (χ2n) is 2.80. The molecule has 3 N–H and O–H groups in total. The van der Waals surface area contributed by atoms with E-state index in [0.29, 0.717) is 5.70 Å². The number of hydrazine groups is 1. The van der Waals surface area contributed by atoms with Crippen molar-refractivity contribution in [3.8, 4) is 0 Å². The van der Waals surface area contributed by atoms with E-state index in [1.165, 1.54) is 6.92 Å². The standard InChI is InChI=1S/C7H14N2O/c1-5(9-8)7(3,4)6(2)10/h9H,1,8H2,2-4H3. The van der Waals surface area contributed by atoms with Gasteiger partial charge in [0.2, 0.25) is 0 Å². The van der Waals surface area contributed by atoms with Crippen molar-refractivity contribution in [2.45, 2.75) is 20.8 Å². The van der Waals surface area contributed by atoms with Crippen LogP contribution in [0.2, 0.25) is 0 Å². The second-order valence-corrected chi connectivity index (χ2v) is 2.80. The molecule has 0 saturated heterocycles. The lowest BCUT2D eigenvalue weighted by atomic mass is 9.86. The molecule has 0 rings (SSSR count). The Kier molecular flexibility index (Phi) is 2.60. The smallest absolute Gasteiger partial charge is 0.141 e. The fourth-order valence-electron chi connectivity index (χ4n) is 0.393. The quantitative estimate of drug-likeness (QED) is 0.447. The summed E-state index contributed by atoms with van der Waals surface area (Å²) in [6, 6.07) is 0. The maximum absolute atomic E-state index is 10.9. The number of nitrogens with one attached hydrogen (secondary N) is 1. The molecule has 0 aliphatic carbocycles. The van der Waals surface area contributed by atoms with Crippen LogP contribution in [-0.2, 0) is 4.79 Å². The molecule has 3 heteroatoms. The Morgan fingerprint density at radius 3 is 2.10 bits per heavy atom. The summed E-state index contributed by atoms with van der Waals surface area (Å²) in [6.07, 6.45) is 0. The molecule has 0 heterocycles. The zero-order chi connectivity index (χ0) is 8.36. The number of nitrogens with two attached hydrogens (primary N) is 1. The van der Waals surface area contributed by atoms with E-state index in [9.17, 15) is 4.79 Å². The van der Waals surface area contributed by atoms with Crippen molar-refractivity contribution in [2.75, 3.05) is 0 Å². The zero-order valence-electron chi connectivity index (χ0n) is 6.69. The summed E-state index contributed by atoms with van der Waals surface area (Å²) in [5.41, 5.74) is 2.35. The highest BCUT2D eigenvalue weighted by molar-refractivity contribution is 5.84. The van der Waals surface area contributed by atoms with Gasteiger partial charge < -0.3 is 5.43 Å². The van der Waals surface area contributed by atoms with E-state index in [2.05, 4.69) is 12.0 Å². The number of hydrogen-bond donors (Lipinski definition) is 2. The molecular weight excluding hydrogens is 128 g/mol. The Bertz CT molecular complexity index is 161. The Morgan fingerprint density at radius 2 is 2.00 bits per heavy atom. The first-order valence-electron chi connectivity index (χ1n) is 3.10. The highest BCUT2D eigenvalue weighted by atomic mass is 16.1. The maximum atomic E-state index is 10.9. The maximum Gasteiger partial charge on any atom is 0.141 e. The Balaban J connectivity index is 4.40. The van der Waals surface area contributed by atoms with Crippen molar-refractivity contribution in [3.05, 3.63) is 12.3 Å². The third-order valence-electron chi connectivity index (χ3n) is 1.81. The van der Waals surface area contributed by atoms with Crippen LogP contribution in [0, 0.1) is 5.41 Å². The highest BCUT2D eigenvalue weighted by Crippen LogP contribution is 2.22. The fraction of sp³-hybridized carbons (Fsp3) is 0.571. The summed E-state index contributed by atoms with van der Waals surface area (Å²) in [7, 11) is 0. The third-order valence-corrected chi connectivity index (χ3v) is 1.81. The van der Waals surface area contributed by atoms with Crippen LogP contribution >= 0.6 is 0 Å². The van der Waals surface area contributed by atoms with Gasteiger partial charge in [0.25, 0.3) is 0 Å². The lowest BCUT2D eigenvalue weighted by Crippen LogP contribution is -2.35. The van der Waals surface area contributed by atoms with E-state index in [4.69, 9.17) is 5.84 Å². The molecule has 0 atom stereocenters. The van der Waals surface area contributed by atoms with Gasteiger partial charge >= 0.3 is 0 Å². The fourth-order valence-corrected chi connectivity index (χ4v) is 0.393.